The average Bonchev–Trinajstić information content (AvgIpc) is 3.49. The van der Waals surface area contributed by atoms with Crippen molar-refractivity contribution in [3.05, 3.63) is 54.9 Å². The standard InChI is InChI=1S/C24H27N5O2S/c1-4-21(30)26-17-9-10-19(31-2)18(14-17)27-20-13-16(11-12-25-20)23-22(15-7-5-6-8-15)28-24(29-23)32-3/h4,9-15H,1,5-8H2,2-3H3,(H,25,27)(H,26,30)(H,28,29). The van der Waals surface area contributed by atoms with Gasteiger partial charge in [0, 0.05) is 29.1 Å². The molecule has 0 spiro atoms. The van der Waals surface area contributed by atoms with Crippen molar-refractivity contribution in [2.45, 2.75) is 36.8 Å². The number of methoxy groups -OCH3 is 1. The number of benzene rings is 1. The normalized spacial score (nSPS) is 13.7. The van der Waals surface area contributed by atoms with Gasteiger partial charge >= 0.3 is 0 Å². The highest BCUT2D eigenvalue weighted by Crippen LogP contribution is 2.39. The number of hydrogen-bond donors (Lipinski definition) is 3. The van der Waals surface area contributed by atoms with Crippen molar-refractivity contribution in [3.8, 4) is 17.0 Å². The van der Waals surface area contributed by atoms with Crippen LogP contribution in [0.15, 0.2) is 54.3 Å². The molecule has 0 aliphatic heterocycles. The summed E-state index contributed by atoms with van der Waals surface area (Å²) in [6, 6.07) is 9.35. The van der Waals surface area contributed by atoms with Crippen molar-refractivity contribution in [2.24, 2.45) is 0 Å². The Hall–Kier alpha value is -3.26. The SMILES string of the molecule is C=CC(=O)Nc1ccc(OC)c(Nc2cc(-c3nc(SC)[nH]c3C3CCCC3)ccn2)c1. The quantitative estimate of drug-likeness (QED) is 0.301. The number of H-pyrrole nitrogens is 1. The van der Waals surface area contributed by atoms with Gasteiger partial charge in [0.1, 0.15) is 11.6 Å². The van der Waals surface area contributed by atoms with Crippen LogP contribution in [-0.2, 0) is 4.79 Å². The molecule has 3 N–H and O–H groups in total. The van der Waals surface area contributed by atoms with E-state index in [0.29, 0.717) is 28.9 Å². The molecule has 0 unspecified atom stereocenters. The Morgan fingerprint density at radius 2 is 2.09 bits per heavy atom. The molecule has 2 heterocycles. The number of thioether (sulfide) groups is 1. The molecule has 1 amide bonds. The number of aromatic nitrogens is 3. The Labute approximate surface area is 192 Å². The van der Waals surface area contributed by atoms with Gasteiger partial charge in [-0.1, -0.05) is 31.2 Å². The summed E-state index contributed by atoms with van der Waals surface area (Å²) in [5.41, 5.74) is 4.55. The summed E-state index contributed by atoms with van der Waals surface area (Å²) < 4.78 is 5.48. The topological polar surface area (TPSA) is 91.9 Å². The molecule has 1 saturated carbocycles. The fraction of sp³-hybridized carbons (Fsp3) is 0.292. The molecule has 1 fully saturated rings. The van der Waals surface area contributed by atoms with Crippen LogP contribution < -0.4 is 15.4 Å². The van der Waals surface area contributed by atoms with E-state index < -0.39 is 0 Å². The maximum atomic E-state index is 11.7. The van der Waals surface area contributed by atoms with Gasteiger partial charge in [0.05, 0.1) is 18.5 Å². The first kappa shape index (κ1) is 22.0. The number of hydrogen-bond acceptors (Lipinski definition) is 6. The third-order valence-electron chi connectivity index (χ3n) is 5.62. The minimum atomic E-state index is -0.274. The molecule has 32 heavy (non-hydrogen) atoms. The number of carbonyl (C=O) groups excluding carboxylic acids is 1. The maximum Gasteiger partial charge on any atom is 0.247 e. The zero-order valence-electron chi connectivity index (χ0n) is 18.3. The molecule has 2 aromatic heterocycles. The van der Waals surface area contributed by atoms with Crippen LogP contribution in [0, 0.1) is 0 Å². The van der Waals surface area contributed by atoms with E-state index in [1.807, 2.05) is 18.4 Å². The van der Waals surface area contributed by atoms with Gasteiger partial charge in [0.2, 0.25) is 5.91 Å². The lowest BCUT2D eigenvalue weighted by molar-refractivity contribution is -0.111. The van der Waals surface area contributed by atoms with E-state index in [1.54, 1.807) is 43.3 Å². The van der Waals surface area contributed by atoms with Crippen molar-refractivity contribution in [1.82, 2.24) is 15.0 Å². The molecule has 0 radical (unpaired) electrons. The van der Waals surface area contributed by atoms with Crippen LogP contribution in [0.25, 0.3) is 11.3 Å². The smallest absolute Gasteiger partial charge is 0.247 e. The molecule has 1 aliphatic rings. The molecule has 1 aliphatic carbocycles. The van der Waals surface area contributed by atoms with Crippen LogP contribution in [-0.4, -0.2) is 34.2 Å². The number of nitrogens with zero attached hydrogens (tertiary/aromatic N) is 2. The Morgan fingerprint density at radius 1 is 1.28 bits per heavy atom. The van der Waals surface area contributed by atoms with Crippen LogP contribution in [0.5, 0.6) is 5.75 Å². The molecule has 4 rings (SSSR count). The third-order valence-corrected chi connectivity index (χ3v) is 6.20. The van der Waals surface area contributed by atoms with E-state index in [-0.39, 0.29) is 5.91 Å². The van der Waals surface area contributed by atoms with Crippen molar-refractivity contribution in [3.63, 3.8) is 0 Å². The molecule has 0 saturated heterocycles. The number of anilines is 3. The van der Waals surface area contributed by atoms with Gasteiger partial charge in [0.25, 0.3) is 0 Å². The first-order valence-electron chi connectivity index (χ1n) is 10.6. The first-order chi connectivity index (χ1) is 15.6. The largest absolute Gasteiger partial charge is 0.495 e. The van der Waals surface area contributed by atoms with Crippen LogP contribution in [0.3, 0.4) is 0 Å². The van der Waals surface area contributed by atoms with E-state index in [9.17, 15) is 4.79 Å². The highest BCUT2D eigenvalue weighted by Gasteiger charge is 2.24. The lowest BCUT2D eigenvalue weighted by Gasteiger charge is -2.14. The number of rotatable bonds is 8. The van der Waals surface area contributed by atoms with Gasteiger partial charge in [-0.15, -0.1) is 0 Å². The minimum Gasteiger partial charge on any atom is -0.495 e. The van der Waals surface area contributed by atoms with Crippen LogP contribution in [0.4, 0.5) is 17.2 Å². The molecule has 0 bridgehead atoms. The summed E-state index contributed by atoms with van der Waals surface area (Å²) in [5.74, 6) is 1.56. The number of imidazole rings is 1. The summed E-state index contributed by atoms with van der Waals surface area (Å²) in [4.78, 5) is 24.5. The first-order valence-corrected chi connectivity index (χ1v) is 11.8. The highest BCUT2D eigenvalue weighted by molar-refractivity contribution is 7.98. The van der Waals surface area contributed by atoms with Crippen LogP contribution in [0.2, 0.25) is 0 Å². The fourth-order valence-corrected chi connectivity index (χ4v) is 4.45. The molecule has 7 nitrogen and oxygen atoms in total. The second kappa shape index (κ2) is 9.91. The van der Waals surface area contributed by atoms with Gasteiger partial charge in [-0.25, -0.2) is 9.97 Å². The zero-order valence-corrected chi connectivity index (χ0v) is 19.1. The monoisotopic (exact) mass is 449 g/mol. The molecule has 166 valence electrons. The third kappa shape index (κ3) is 4.80. The second-order valence-corrected chi connectivity index (χ2v) is 8.45. The van der Waals surface area contributed by atoms with E-state index in [0.717, 1.165) is 16.4 Å². The number of carbonyl (C=O) groups is 1. The summed E-state index contributed by atoms with van der Waals surface area (Å²) in [5, 5.41) is 7.01. The van der Waals surface area contributed by atoms with Crippen molar-refractivity contribution in [1.29, 1.82) is 0 Å². The molecular weight excluding hydrogens is 422 g/mol. The van der Waals surface area contributed by atoms with E-state index in [4.69, 9.17) is 9.72 Å². The van der Waals surface area contributed by atoms with Gasteiger partial charge < -0.3 is 20.4 Å². The van der Waals surface area contributed by atoms with Gasteiger partial charge in [-0.2, -0.15) is 0 Å². The van der Waals surface area contributed by atoms with Gasteiger partial charge in [-0.3, -0.25) is 4.79 Å². The predicted octanol–water partition coefficient (Wildman–Crippen LogP) is 5.73. The average molecular weight is 450 g/mol. The molecular formula is C24H27N5O2S. The van der Waals surface area contributed by atoms with Gasteiger partial charge in [0.15, 0.2) is 5.16 Å². The zero-order chi connectivity index (χ0) is 22.5. The number of amides is 1. The maximum absolute atomic E-state index is 11.7. The van der Waals surface area contributed by atoms with E-state index >= 15 is 0 Å². The van der Waals surface area contributed by atoms with Crippen LogP contribution in [0.1, 0.15) is 37.3 Å². The van der Waals surface area contributed by atoms with Crippen LogP contribution >= 0.6 is 11.8 Å². The van der Waals surface area contributed by atoms with Crippen molar-refractivity contribution in [2.75, 3.05) is 24.0 Å². The Morgan fingerprint density at radius 3 is 2.81 bits per heavy atom. The molecule has 3 aromatic rings. The molecule has 1 aromatic carbocycles. The summed E-state index contributed by atoms with van der Waals surface area (Å²) in [6.07, 6.45) is 9.96. The predicted molar refractivity (Wildman–Crippen MR) is 130 cm³/mol. The Kier molecular flexibility index (Phi) is 6.80. The van der Waals surface area contributed by atoms with Crippen molar-refractivity contribution >= 4 is 34.9 Å². The lowest BCUT2D eigenvalue weighted by atomic mass is 9.99. The Balaban J connectivity index is 1.65. The fourth-order valence-electron chi connectivity index (χ4n) is 4.05. The highest BCUT2D eigenvalue weighted by atomic mass is 32.2. The van der Waals surface area contributed by atoms with Gasteiger partial charge in [-0.05, 0) is 55.5 Å². The number of ether oxygens (including phenoxy) is 1. The second-order valence-electron chi connectivity index (χ2n) is 7.65. The summed E-state index contributed by atoms with van der Waals surface area (Å²) in [7, 11) is 1.61. The summed E-state index contributed by atoms with van der Waals surface area (Å²) >= 11 is 1.62. The number of pyridine rings is 1. The Bertz CT molecular complexity index is 1120. The number of nitrogens with one attached hydrogen (secondary N) is 3. The van der Waals surface area contributed by atoms with Crippen molar-refractivity contribution < 1.29 is 9.53 Å². The molecule has 0 atom stereocenters. The summed E-state index contributed by atoms with van der Waals surface area (Å²) in [6.45, 7) is 3.49. The molecule has 8 heteroatoms. The van der Waals surface area contributed by atoms with E-state index in [1.165, 1.54) is 37.5 Å². The number of aromatic amines is 1. The lowest BCUT2D eigenvalue weighted by Crippen LogP contribution is -2.07. The minimum absolute atomic E-state index is 0.274. The van der Waals surface area contributed by atoms with E-state index in [2.05, 4.69) is 27.2 Å².